The number of aromatic carboxylic acids is 1. The predicted octanol–water partition coefficient (Wildman–Crippen LogP) is 1.20. The van der Waals surface area contributed by atoms with Gasteiger partial charge in [-0.05, 0) is 11.6 Å². The van der Waals surface area contributed by atoms with Gasteiger partial charge < -0.3 is 19.9 Å². The van der Waals surface area contributed by atoms with Crippen molar-refractivity contribution in [2.75, 3.05) is 19.5 Å². The number of aromatic nitrogens is 3. The first-order valence-electron chi connectivity index (χ1n) is 6.01. The minimum atomic E-state index is -1.06. The molecule has 2 aromatic rings. The Bertz CT molecular complexity index is 608. The van der Waals surface area contributed by atoms with E-state index in [0.29, 0.717) is 24.3 Å². The third-order valence-electron chi connectivity index (χ3n) is 2.59. The highest BCUT2D eigenvalue weighted by molar-refractivity contribution is 5.85. The molecule has 2 aromatic heterocycles. The highest BCUT2D eigenvalue weighted by atomic mass is 16.5. The van der Waals surface area contributed by atoms with Gasteiger partial charge in [0.2, 0.25) is 17.7 Å². The molecule has 0 aliphatic heterocycles. The number of hydrogen-bond acceptors (Lipinski definition) is 7. The van der Waals surface area contributed by atoms with Crippen LogP contribution in [-0.4, -0.2) is 40.2 Å². The minimum Gasteiger partial charge on any atom is -0.481 e. The van der Waals surface area contributed by atoms with Gasteiger partial charge in [-0.2, -0.15) is 9.97 Å². The number of anilines is 1. The molecule has 0 atom stereocenters. The first kappa shape index (κ1) is 14.5. The van der Waals surface area contributed by atoms with Crippen molar-refractivity contribution in [1.29, 1.82) is 0 Å². The van der Waals surface area contributed by atoms with Crippen LogP contribution in [0.2, 0.25) is 0 Å². The van der Waals surface area contributed by atoms with E-state index in [4.69, 9.17) is 14.6 Å². The lowest BCUT2D eigenvalue weighted by Gasteiger charge is -2.08. The van der Waals surface area contributed by atoms with Crippen LogP contribution in [0.4, 0.5) is 5.95 Å². The molecule has 110 valence electrons. The molecular weight excluding hydrogens is 276 g/mol. The van der Waals surface area contributed by atoms with Gasteiger partial charge in [0, 0.05) is 12.7 Å². The van der Waals surface area contributed by atoms with Crippen molar-refractivity contribution in [2.24, 2.45) is 0 Å². The van der Waals surface area contributed by atoms with E-state index in [1.807, 2.05) is 0 Å². The summed E-state index contributed by atoms with van der Waals surface area (Å²) in [6.45, 7) is 0.392. The number of rotatable bonds is 6. The largest absolute Gasteiger partial charge is 0.481 e. The van der Waals surface area contributed by atoms with Crippen molar-refractivity contribution in [2.45, 2.75) is 6.54 Å². The van der Waals surface area contributed by atoms with Gasteiger partial charge in [0.1, 0.15) is 5.69 Å². The van der Waals surface area contributed by atoms with E-state index in [-0.39, 0.29) is 5.69 Å². The molecule has 0 unspecified atom stereocenters. The average molecular weight is 290 g/mol. The first-order chi connectivity index (χ1) is 10.1. The molecule has 0 aliphatic carbocycles. The van der Waals surface area contributed by atoms with E-state index in [1.54, 1.807) is 12.1 Å². The van der Waals surface area contributed by atoms with Gasteiger partial charge in [-0.15, -0.1) is 0 Å². The first-order valence-corrected chi connectivity index (χ1v) is 6.01. The second-order valence-electron chi connectivity index (χ2n) is 3.99. The summed E-state index contributed by atoms with van der Waals surface area (Å²) in [5.74, 6) is 0.0382. The Balaban J connectivity index is 2.06. The van der Waals surface area contributed by atoms with Crippen molar-refractivity contribution in [3.8, 4) is 11.8 Å². The molecule has 0 radical (unpaired) electrons. The van der Waals surface area contributed by atoms with Crippen molar-refractivity contribution in [3.63, 3.8) is 0 Å². The topological polar surface area (TPSA) is 106 Å². The van der Waals surface area contributed by atoms with E-state index >= 15 is 0 Å². The quantitative estimate of drug-likeness (QED) is 0.817. The summed E-state index contributed by atoms with van der Waals surface area (Å²) in [6, 6.07) is 4.67. The molecule has 0 saturated heterocycles. The van der Waals surface area contributed by atoms with Crippen LogP contribution in [0.3, 0.4) is 0 Å². The zero-order chi connectivity index (χ0) is 15.2. The summed E-state index contributed by atoms with van der Waals surface area (Å²) in [5.41, 5.74) is 0.795. The highest BCUT2D eigenvalue weighted by Gasteiger charge is 2.06. The van der Waals surface area contributed by atoms with E-state index in [2.05, 4.69) is 20.3 Å². The maximum atomic E-state index is 10.7. The fourth-order valence-corrected chi connectivity index (χ4v) is 1.53. The lowest BCUT2D eigenvalue weighted by Crippen LogP contribution is -2.07. The lowest BCUT2D eigenvalue weighted by atomic mass is 10.2. The molecule has 0 aliphatic rings. The Kier molecular flexibility index (Phi) is 4.50. The van der Waals surface area contributed by atoms with E-state index < -0.39 is 5.97 Å². The molecular formula is C13H14N4O4. The molecule has 2 heterocycles. The zero-order valence-corrected chi connectivity index (χ0v) is 11.5. The van der Waals surface area contributed by atoms with E-state index in [9.17, 15) is 4.79 Å². The van der Waals surface area contributed by atoms with Crippen LogP contribution in [0.15, 0.2) is 24.4 Å². The molecule has 8 nitrogen and oxygen atoms in total. The van der Waals surface area contributed by atoms with E-state index in [0.717, 1.165) is 5.56 Å². The van der Waals surface area contributed by atoms with E-state index in [1.165, 1.54) is 26.5 Å². The van der Waals surface area contributed by atoms with Gasteiger partial charge in [-0.25, -0.2) is 9.78 Å². The Labute approximate surface area is 120 Å². The van der Waals surface area contributed by atoms with Gasteiger partial charge in [0.25, 0.3) is 0 Å². The molecule has 0 amide bonds. The number of pyridine rings is 1. The fourth-order valence-electron chi connectivity index (χ4n) is 1.53. The summed E-state index contributed by atoms with van der Waals surface area (Å²) in [4.78, 5) is 22.8. The number of carboxylic acids is 1. The third kappa shape index (κ3) is 3.78. The standard InChI is InChI=1S/C13H14N4O4/c1-20-10-5-11(21-2)17-13(16-10)15-7-8-3-4-9(12(18)19)14-6-8/h3-6H,7H2,1-2H3,(H,18,19)(H,15,16,17). The summed E-state index contributed by atoms with van der Waals surface area (Å²) in [6.07, 6.45) is 1.48. The second kappa shape index (κ2) is 6.51. The summed E-state index contributed by atoms with van der Waals surface area (Å²) in [5, 5.41) is 11.8. The number of methoxy groups -OCH3 is 2. The van der Waals surface area contributed by atoms with Crippen LogP contribution in [0.25, 0.3) is 0 Å². The van der Waals surface area contributed by atoms with Crippen LogP contribution < -0.4 is 14.8 Å². The minimum absolute atomic E-state index is 0.00181. The normalized spacial score (nSPS) is 10.0. The summed E-state index contributed by atoms with van der Waals surface area (Å²) >= 11 is 0. The Morgan fingerprint density at radius 3 is 2.38 bits per heavy atom. The number of ether oxygens (including phenoxy) is 2. The zero-order valence-electron chi connectivity index (χ0n) is 11.5. The molecule has 0 saturated carbocycles. The maximum absolute atomic E-state index is 10.7. The highest BCUT2D eigenvalue weighted by Crippen LogP contribution is 2.17. The van der Waals surface area contributed by atoms with Gasteiger partial charge in [0.15, 0.2) is 0 Å². The average Bonchev–Trinajstić information content (AvgIpc) is 2.52. The number of nitrogens with zero attached hydrogens (tertiary/aromatic N) is 3. The summed E-state index contributed by atoms with van der Waals surface area (Å²) in [7, 11) is 3.00. The van der Waals surface area contributed by atoms with Crippen molar-refractivity contribution < 1.29 is 19.4 Å². The molecule has 2 N–H and O–H groups in total. The SMILES string of the molecule is COc1cc(OC)nc(NCc2ccc(C(=O)O)nc2)n1. The van der Waals surface area contributed by atoms with Gasteiger partial charge in [0.05, 0.1) is 20.3 Å². The molecule has 0 spiro atoms. The van der Waals surface area contributed by atoms with Gasteiger partial charge in [-0.1, -0.05) is 6.07 Å². The van der Waals surface area contributed by atoms with Crippen molar-refractivity contribution in [1.82, 2.24) is 15.0 Å². The number of carboxylic acid groups (broad SMARTS) is 1. The van der Waals surface area contributed by atoms with Crippen LogP contribution in [0.5, 0.6) is 11.8 Å². The molecule has 2 rings (SSSR count). The maximum Gasteiger partial charge on any atom is 0.354 e. The van der Waals surface area contributed by atoms with Gasteiger partial charge >= 0.3 is 5.97 Å². The molecule has 0 fully saturated rings. The van der Waals surface area contributed by atoms with Crippen molar-refractivity contribution in [3.05, 3.63) is 35.7 Å². The van der Waals surface area contributed by atoms with Crippen molar-refractivity contribution >= 4 is 11.9 Å². The van der Waals surface area contributed by atoms with Crippen LogP contribution in [-0.2, 0) is 6.54 Å². The number of carbonyl (C=O) groups is 1. The summed E-state index contributed by atoms with van der Waals surface area (Å²) < 4.78 is 10.1. The molecule has 8 heteroatoms. The monoisotopic (exact) mass is 290 g/mol. The van der Waals surface area contributed by atoms with Crippen LogP contribution in [0.1, 0.15) is 16.1 Å². The Morgan fingerprint density at radius 1 is 1.24 bits per heavy atom. The number of nitrogens with one attached hydrogen (secondary N) is 1. The Morgan fingerprint density at radius 2 is 1.90 bits per heavy atom. The van der Waals surface area contributed by atoms with Crippen LogP contribution >= 0.6 is 0 Å². The predicted molar refractivity (Wildman–Crippen MR) is 73.7 cm³/mol. The number of hydrogen-bond donors (Lipinski definition) is 2. The fraction of sp³-hybridized carbons (Fsp3) is 0.231. The molecule has 0 aromatic carbocycles. The third-order valence-corrected chi connectivity index (χ3v) is 2.59. The smallest absolute Gasteiger partial charge is 0.354 e. The molecule has 21 heavy (non-hydrogen) atoms. The van der Waals surface area contributed by atoms with Gasteiger partial charge in [-0.3, -0.25) is 0 Å². The second-order valence-corrected chi connectivity index (χ2v) is 3.99. The Hall–Kier alpha value is -2.90. The lowest BCUT2D eigenvalue weighted by molar-refractivity contribution is 0.0690. The van der Waals surface area contributed by atoms with Crippen LogP contribution in [0, 0.1) is 0 Å². The molecule has 0 bridgehead atoms.